The molecule has 60 heavy (non-hydrogen) atoms. The average Bonchev–Trinajstić information content (AvgIpc) is 3.81. The van der Waals surface area contributed by atoms with Crippen molar-refractivity contribution >= 4 is 72.9 Å². The second kappa shape index (κ2) is 19.5. The fraction of sp³-hybridized carbons (Fsp3) is 0.488. The summed E-state index contributed by atoms with van der Waals surface area (Å²) in [6.07, 6.45) is 9.13. The van der Waals surface area contributed by atoms with E-state index in [9.17, 15) is 32.4 Å². The van der Waals surface area contributed by atoms with Gasteiger partial charge in [-0.2, -0.15) is 4.98 Å². The number of nitrogens with one attached hydrogen (secondary N) is 4. The number of nitrogens with zero attached hydrogens (tertiary/aromatic N) is 4. The molecule has 0 aliphatic carbocycles. The minimum Gasteiger partial charge on any atom is -0.493 e. The Balaban J connectivity index is 0.737. The van der Waals surface area contributed by atoms with Gasteiger partial charge in [0.2, 0.25) is 33.7 Å². The molecule has 3 aromatic rings. The summed E-state index contributed by atoms with van der Waals surface area (Å²) in [5.41, 5.74) is 2.29. The van der Waals surface area contributed by atoms with Crippen LogP contribution in [-0.2, 0) is 30.8 Å². The summed E-state index contributed by atoms with van der Waals surface area (Å²) < 4.78 is 40.0. The van der Waals surface area contributed by atoms with Gasteiger partial charge < -0.3 is 25.4 Å². The number of hydrogen-bond acceptors (Lipinski definition) is 13. The number of rotatable bonds is 19. The zero-order valence-electron chi connectivity index (χ0n) is 33.2. The fourth-order valence-electron chi connectivity index (χ4n) is 7.84. The number of para-hydroxylation sites is 1. The lowest BCUT2D eigenvalue weighted by atomic mass is 10.0. The van der Waals surface area contributed by atoms with E-state index in [0.29, 0.717) is 68.2 Å². The second-order valence-electron chi connectivity index (χ2n) is 15.2. The molecule has 0 radical (unpaired) electrons. The molecule has 2 aromatic carbocycles. The highest BCUT2D eigenvalue weighted by Gasteiger charge is 2.46. The Labute approximate surface area is 356 Å². The van der Waals surface area contributed by atoms with Crippen LogP contribution in [0.3, 0.4) is 0 Å². The summed E-state index contributed by atoms with van der Waals surface area (Å²) in [4.78, 5) is 72.6. The molecule has 0 saturated carbocycles. The molecule has 7 rings (SSSR count). The Bertz CT molecular complexity index is 2230. The number of anilines is 3. The zero-order chi connectivity index (χ0) is 42.2. The van der Waals surface area contributed by atoms with Crippen LogP contribution in [0.2, 0.25) is 0 Å². The lowest BCUT2D eigenvalue weighted by Crippen LogP contribution is -2.54. The highest BCUT2D eigenvalue weighted by molar-refractivity contribution is 9.10. The van der Waals surface area contributed by atoms with Gasteiger partial charge in [-0.05, 0) is 71.8 Å². The lowest BCUT2D eigenvalue weighted by Gasteiger charge is -2.31. The number of benzene rings is 2. The number of aromatic nitrogens is 2. The van der Waals surface area contributed by atoms with E-state index in [1.54, 1.807) is 18.3 Å². The van der Waals surface area contributed by atoms with Crippen molar-refractivity contribution in [3.05, 3.63) is 63.8 Å². The Hall–Kier alpha value is -5.14. The summed E-state index contributed by atoms with van der Waals surface area (Å²) in [6, 6.07) is 9.72. The number of amides is 5. The standard InChI is InChI=1S/C41H49BrN8O9S/c42-29-25-44-41(48-37(29)46-30-11-7-9-26-18-23-59-36(26)30)45-27-16-20-49(21-17-27)60(56,57)24-19-43-33(51)13-5-3-1-2-4-6-22-58-32-12-8-10-28-35(32)40(55)50(39(28)54)31-14-15-34(52)47-38(31)53/h7-12,25,27,31H,1-6,13-24H2,(H,43,51)(H,47,52,53)(H2,44,45,46,48). The zero-order valence-corrected chi connectivity index (χ0v) is 35.6. The lowest BCUT2D eigenvalue weighted by molar-refractivity contribution is -0.136. The Morgan fingerprint density at radius 1 is 0.950 bits per heavy atom. The molecule has 0 spiro atoms. The molecule has 1 aromatic heterocycles. The van der Waals surface area contributed by atoms with Gasteiger partial charge in [0.15, 0.2) is 0 Å². The maximum atomic E-state index is 13.2. The van der Waals surface area contributed by atoms with Gasteiger partial charge in [-0.25, -0.2) is 17.7 Å². The van der Waals surface area contributed by atoms with Crippen LogP contribution >= 0.6 is 15.9 Å². The van der Waals surface area contributed by atoms with Crippen LogP contribution in [0.5, 0.6) is 11.5 Å². The van der Waals surface area contributed by atoms with Gasteiger partial charge in [-0.3, -0.25) is 34.2 Å². The average molecular weight is 910 g/mol. The first-order valence-electron chi connectivity index (χ1n) is 20.5. The Morgan fingerprint density at radius 3 is 2.52 bits per heavy atom. The number of unbranched alkanes of at least 4 members (excludes halogenated alkanes) is 5. The van der Waals surface area contributed by atoms with E-state index in [4.69, 9.17) is 9.47 Å². The van der Waals surface area contributed by atoms with E-state index in [0.717, 1.165) is 60.4 Å². The second-order valence-corrected chi connectivity index (χ2v) is 18.2. The van der Waals surface area contributed by atoms with Gasteiger partial charge in [0, 0.05) is 51.1 Å². The minimum atomic E-state index is -3.54. The molecule has 2 fully saturated rings. The minimum absolute atomic E-state index is 0.000370. The predicted molar refractivity (Wildman–Crippen MR) is 225 cm³/mol. The number of hydrogen-bond donors (Lipinski definition) is 4. The van der Waals surface area contributed by atoms with Crippen LogP contribution in [0.15, 0.2) is 47.1 Å². The van der Waals surface area contributed by atoms with E-state index in [1.807, 2.05) is 18.2 Å². The molecular weight excluding hydrogens is 860 g/mol. The normalized spacial score (nSPS) is 18.1. The van der Waals surface area contributed by atoms with Crippen molar-refractivity contribution in [2.45, 2.75) is 89.1 Å². The molecule has 4 aliphatic rings. The topological polar surface area (TPSA) is 218 Å². The molecule has 320 valence electrons. The third-order valence-electron chi connectivity index (χ3n) is 11.1. The van der Waals surface area contributed by atoms with Gasteiger partial charge in [0.1, 0.15) is 23.4 Å². The van der Waals surface area contributed by atoms with Crippen LogP contribution in [0.25, 0.3) is 0 Å². The molecule has 0 bridgehead atoms. The van der Waals surface area contributed by atoms with E-state index in [-0.39, 0.29) is 54.0 Å². The molecular formula is C41H49BrN8O9S. The number of piperidine rings is 2. The number of fused-ring (bicyclic) bond motifs is 2. The largest absolute Gasteiger partial charge is 0.493 e. The first-order chi connectivity index (χ1) is 29.0. The summed E-state index contributed by atoms with van der Waals surface area (Å²) in [7, 11) is -3.54. The number of sulfonamides is 1. The number of imide groups is 2. The molecule has 1 unspecified atom stereocenters. The maximum absolute atomic E-state index is 13.2. The molecule has 5 heterocycles. The monoisotopic (exact) mass is 908 g/mol. The molecule has 1 atom stereocenters. The summed E-state index contributed by atoms with van der Waals surface area (Å²) in [5, 5.41) is 11.6. The van der Waals surface area contributed by atoms with Crippen molar-refractivity contribution < 1.29 is 41.9 Å². The molecule has 17 nitrogen and oxygen atoms in total. The first kappa shape index (κ1) is 43.0. The fourth-order valence-corrected chi connectivity index (χ4v) is 9.52. The number of carbonyl (C=O) groups is 5. The van der Waals surface area contributed by atoms with Crippen molar-refractivity contribution in [1.82, 2.24) is 29.8 Å². The van der Waals surface area contributed by atoms with Crippen molar-refractivity contribution in [3.63, 3.8) is 0 Å². The van der Waals surface area contributed by atoms with Gasteiger partial charge in [-0.15, -0.1) is 0 Å². The van der Waals surface area contributed by atoms with E-state index >= 15 is 0 Å². The highest BCUT2D eigenvalue weighted by Crippen LogP contribution is 2.37. The van der Waals surface area contributed by atoms with Crippen molar-refractivity contribution in [3.8, 4) is 11.5 Å². The number of halogens is 1. The quantitative estimate of drug-likeness (QED) is 0.0967. The maximum Gasteiger partial charge on any atom is 0.266 e. The SMILES string of the molecule is O=C(CCCCCCCCOc1cccc2c1C(=O)N(C1CCC(=O)NC1=O)C2=O)NCCS(=O)(=O)N1CCC(Nc2ncc(Br)c(Nc3cccc4c3OCC4)n2)CC1. The van der Waals surface area contributed by atoms with Crippen LogP contribution in [0.1, 0.15) is 96.9 Å². The third-order valence-corrected chi connectivity index (χ3v) is 13.5. The number of ether oxygens (including phenoxy) is 2. The van der Waals surface area contributed by atoms with Crippen molar-refractivity contribution in [1.29, 1.82) is 0 Å². The third kappa shape index (κ3) is 10.2. The summed E-state index contributed by atoms with van der Waals surface area (Å²) in [5.74, 6) is -0.449. The van der Waals surface area contributed by atoms with Crippen molar-refractivity contribution in [2.75, 3.05) is 49.2 Å². The van der Waals surface area contributed by atoms with Crippen LogP contribution in [0, 0.1) is 0 Å². The highest BCUT2D eigenvalue weighted by atomic mass is 79.9. The van der Waals surface area contributed by atoms with Crippen LogP contribution in [-0.4, -0.2) is 108 Å². The van der Waals surface area contributed by atoms with Gasteiger partial charge in [-0.1, -0.05) is 43.9 Å². The van der Waals surface area contributed by atoms with Gasteiger partial charge in [0.25, 0.3) is 11.8 Å². The Kier molecular flexibility index (Phi) is 14.0. The van der Waals surface area contributed by atoms with Crippen LogP contribution < -0.4 is 30.7 Å². The predicted octanol–water partition coefficient (Wildman–Crippen LogP) is 4.45. The molecule has 4 aliphatic heterocycles. The van der Waals surface area contributed by atoms with E-state index in [2.05, 4.69) is 47.2 Å². The summed E-state index contributed by atoms with van der Waals surface area (Å²) >= 11 is 3.52. The number of carbonyl (C=O) groups excluding carboxylic acids is 5. The smallest absolute Gasteiger partial charge is 0.266 e. The van der Waals surface area contributed by atoms with Gasteiger partial charge >= 0.3 is 0 Å². The van der Waals surface area contributed by atoms with Gasteiger partial charge in [0.05, 0.1) is 40.3 Å². The first-order valence-corrected chi connectivity index (χ1v) is 22.9. The van der Waals surface area contributed by atoms with Crippen molar-refractivity contribution in [2.24, 2.45) is 0 Å². The summed E-state index contributed by atoms with van der Waals surface area (Å²) in [6.45, 7) is 1.75. The molecule has 19 heteroatoms. The van der Waals surface area contributed by atoms with E-state index in [1.165, 1.54) is 10.4 Å². The molecule has 4 N–H and O–H groups in total. The molecule has 2 saturated heterocycles. The molecule has 5 amide bonds. The Morgan fingerprint density at radius 2 is 1.72 bits per heavy atom. The van der Waals surface area contributed by atoms with E-state index < -0.39 is 39.7 Å². The van der Waals surface area contributed by atoms with Crippen LogP contribution in [0.4, 0.5) is 17.5 Å².